The zero-order chi connectivity index (χ0) is 12.3. The fourth-order valence-corrected chi connectivity index (χ4v) is 2.85. The van der Waals surface area contributed by atoms with Crippen LogP contribution in [0.2, 0.25) is 0 Å². The van der Waals surface area contributed by atoms with Crippen LogP contribution in [0.15, 0.2) is 29.6 Å². The molecule has 1 aromatic carbocycles. The highest BCUT2D eigenvalue weighted by Crippen LogP contribution is 2.31. The second-order valence-corrected chi connectivity index (χ2v) is 4.87. The predicted octanol–water partition coefficient (Wildman–Crippen LogP) is 4.21. The molecule has 2 aromatic rings. The second kappa shape index (κ2) is 5.56. The van der Waals surface area contributed by atoms with Crippen LogP contribution in [-0.4, -0.2) is 13.0 Å². The Morgan fingerprint density at radius 2 is 2.12 bits per heavy atom. The fourth-order valence-electron chi connectivity index (χ4n) is 1.90. The maximum atomic E-state index is 13.1. The zero-order valence-corrected chi connectivity index (χ0v) is 10.4. The Kier molecular flexibility index (Phi) is 4.07. The lowest BCUT2D eigenvalue weighted by atomic mass is 10.1. The zero-order valence-electron chi connectivity index (χ0n) is 9.62. The minimum atomic E-state index is -2.38. The minimum absolute atomic E-state index is 0.608. The van der Waals surface area contributed by atoms with Crippen LogP contribution in [0, 0.1) is 0 Å². The van der Waals surface area contributed by atoms with E-state index in [2.05, 4.69) is 5.32 Å². The largest absolute Gasteiger partial charge is 0.305 e. The molecule has 0 bridgehead atoms. The van der Waals surface area contributed by atoms with Crippen molar-refractivity contribution in [2.75, 3.05) is 6.54 Å². The quantitative estimate of drug-likeness (QED) is 0.844. The molecule has 0 aliphatic heterocycles. The normalized spacial score (nSPS) is 13.4. The van der Waals surface area contributed by atoms with Crippen molar-refractivity contribution >= 4 is 21.4 Å². The Morgan fingerprint density at radius 3 is 2.82 bits per heavy atom. The molecule has 2 rings (SSSR count). The summed E-state index contributed by atoms with van der Waals surface area (Å²) in [5.74, 6) is 0. The predicted molar refractivity (Wildman–Crippen MR) is 68.9 cm³/mol. The van der Waals surface area contributed by atoms with E-state index in [1.807, 2.05) is 30.5 Å². The second-order valence-electron chi connectivity index (χ2n) is 3.95. The van der Waals surface area contributed by atoms with Crippen LogP contribution < -0.4 is 5.32 Å². The van der Waals surface area contributed by atoms with E-state index in [4.69, 9.17) is 0 Å². The molecule has 0 saturated carbocycles. The molecule has 92 valence electrons. The number of rotatable bonds is 5. The highest BCUT2D eigenvalue weighted by molar-refractivity contribution is 7.17. The minimum Gasteiger partial charge on any atom is -0.305 e. The lowest BCUT2D eigenvalue weighted by Gasteiger charge is -2.18. The topological polar surface area (TPSA) is 12.0 Å². The molecule has 1 N–H and O–H groups in total. The first-order valence-corrected chi connectivity index (χ1v) is 6.59. The van der Waals surface area contributed by atoms with Gasteiger partial charge in [0, 0.05) is 4.70 Å². The monoisotopic (exact) mass is 255 g/mol. The molecule has 0 aliphatic carbocycles. The number of fused-ring (bicyclic) bond motifs is 1. The van der Waals surface area contributed by atoms with Gasteiger partial charge in [0.05, 0.1) is 6.04 Å². The average Bonchev–Trinajstić information content (AvgIpc) is 2.77. The van der Waals surface area contributed by atoms with Gasteiger partial charge in [-0.3, -0.25) is 0 Å². The van der Waals surface area contributed by atoms with Gasteiger partial charge in [0.2, 0.25) is 0 Å². The number of halogens is 2. The molecule has 0 saturated heterocycles. The van der Waals surface area contributed by atoms with Crippen molar-refractivity contribution in [3.8, 4) is 0 Å². The van der Waals surface area contributed by atoms with Gasteiger partial charge >= 0.3 is 0 Å². The van der Waals surface area contributed by atoms with Gasteiger partial charge in [0.1, 0.15) is 0 Å². The van der Waals surface area contributed by atoms with E-state index in [1.54, 1.807) is 6.07 Å². The summed E-state index contributed by atoms with van der Waals surface area (Å²) in [4.78, 5) is 0. The van der Waals surface area contributed by atoms with Crippen molar-refractivity contribution in [1.29, 1.82) is 0 Å². The first-order valence-electron chi connectivity index (χ1n) is 5.71. The van der Waals surface area contributed by atoms with E-state index >= 15 is 0 Å². The molecule has 17 heavy (non-hydrogen) atoms. The summed E-state index contributed by atoms with van der Waals surface area (Å²) < 4.78 is 27.1. The number of benzene rings is 1. The molecule has 4 heteroatoms. The highest BCUT2D eigenvalue weighted by atomic mass is 32.1. The van der Waals surface area contributed by atoms with Crippen LogP contribution >= 0.6 is 11.3 Å². The van der Waals surface area contributed by atoms with Gasteiger partial charge in [-0.15, -0.1) is 11.3 Å². The summed E-state index contributed by atoms with van der Waals surface area (Å²) in [6, 6.07) is 6.69. The molecule has 1 aromatic heterocycles. The third-order valence-corrected chi connectivity index (χ3v) is 3.69. The Labute approximate surface area is 103 Å². The summed E-state index contributed by atoms with van der Waals surface area (Å²) in [5.41, 5.74) is 0.709. The smallest absolute Gasteiger partial charge is 0.257 e. The van der Waals surface area contributed by atoms with Gasteiger partial charge in [0.15, 0.2) is 0 Å². The molecule has 0 radical (unpaired) electrons. The molecule has 1 unspecified atom stereocenters. The third kappa shape index (κ3) is 2.64. The Hall–Kier alpha value is -1.00. The number of nitrogens with one attached hydrogen (secondary N) is 1. The van der Waals surface area contributed by atoms with Crippen LogP contribution in [0.5, 0.6) is 0 Å². The van der Waals surface area contributed by atoms with Gasteiger partial charge in [-0.05, 0) is 35.4 Å². The lowest BCUT2D eigenvalue weighted by Crippen LogP contribution is -2.28. The van der Waals surface area contributed by atoms with Crippen LogP contribution in [-0.2, 0) is 0 Å². The van der Waals surface area contributed by atoms with Crippen molar-refractivity contribution < 1.29 is 8.78 Å². The molecule has 1 nitrogen and oxygen atoms in total. The summed E-state index contributed by atoms with van der Waals surface area (Å²) in [6.07, 6.45) is -1.53. The average molecular weight is 255 g/mol. The molecule has 1 heterocycles. The third-order valence-electron chi connectivity index (χ3n) is 2.71. The van der Waals surface area contributed by atoms with Crippen LogP contribution in [0.3, 0.4) is 0 Å². The number of hydrogen-bond donors (Lipinski definition) is 1. The summed E-state index contributed by atoms with van der Waals surface area (Å²) >= 11 is 1.52. The van der Waals surface area contributed by atoms with Gasteiger partial charge < -0.3 is 5.32 Å². The number of thiophene rings is 1. The molecule has 0 spiro atoms. The van der Waals surface area contributed by atoms with Crippen LogP contribution in [0.25, 0.3) is 10.1 Å². The molecule has 0 amide bonds. The standard InChI is InChI=1S/C13H15F2NS/c1-2-7-16-11(13(14)15)10-5-3-4-9-6-8-17-12(9)10/h3-6,8,11,13,16H,2,7H2,1H3. The summed E-state index contributed by atoms with van der Waals surface area (Å²) in [5, 5.41) is 5.90. The fraction of sp³-hybridized carbons (Fsp3) is 0.385. The van der Waals surface area contributed by atoms with E-state index in [-0.39, 0.29) is 0 Å². The highest BCUT2D eigenvalue weighted by Gasteiger charge is 2.23. The lowest BCUT2D eigenvalue weighted by molar-refractivity contribution is 0.0992. The molecule has 1 atom stereocenters. The van der Waals surface area contributed by atoms with E-state index in [0.717, 1.165) is 16.5 Å². The SMILES string of the molecule is CCCNC(c1cccc2ccsc12)C(F)F. The van der Waals surface area contributed by atoms with Crippen LogP contribution in [0.1, 0.15) is 24.9 Å². The van der Waals surface area contributed by atoms with E-state index < -0.39 is 12.5 Å². The summed E-state index contributed by atoms with van der Waals surface area (Å²) in [6.45, 7) is 2.58. The van der Waals surface area contributed by atoms with Crippen LogP contribution in [0.4, 0.5) is 8.78 Å². The maximum absolute atomic E-state index is 13.1. The number of hydrogen-bond acceptors (Lipinski definition) is 2. The van der Waals surface area contributed by atoms with E-state index in [0.29, 0.717) is 12.1 Å². The van der Waals surface area contributed by atoms with E-state index in [1.165, 1.54) is 11.3 Å². The molecular formula is C13H15F2NS. The Bertz CT molecular complexity index is 481. The van der Waals surface area contributed by atoms with E-state index in [9.17, 15) is 8.78 Å². The van der Waals surface area contributed by atoms with Crippen molar-refractivity contribution in [2.45, 2.75) is 25.8 Å². The van der Waals surface area contributed by atoms with Crippen molar-refractivity contribution in [1.82, 2.24) is 5.32 Å². The Morgan fingerprint density at radius 1 is 1.29 bits per heavy atom. The summed E-state index contributed by atoms with van der Waals surface area (Å²) in [7, 11) is 0. The van der Waals surface area contributed by atoms with Gasteiger partial charge in [-0.2, -0.15) is 0 Å². The Balaban J connectivity index is 2.37. The first-order chi connectivity index (χ1) is 8.24. The maximum Gasteiger partial charge on any atom is 0.257 e. The van der Waals surface area contributed by atoms with Crippen molar-refractivity contribution in [2.24, 2.45) is 0 Å². The van der Waals surface area contributed by atoms with Crippen molar-refractivity contribution in [3.63, 3.8) is 0 Å². The van der Waals surface area contributed by atoms with Gasteiger partial charge in [-0.25, -0.2) is 8.78 Å². The molecular weight excluding hydrogens is 240 g/mol. The number of alkyl halides is 2. The molecule has 0 fully saturated rings. The molecule has 0 aliphatic rings. The van der Waals surface area contributed by atoms with Gasteiger partial charge in [-0.1, -0.05) is 25.1 Å². The van der Waals surface area contributed by atoms with Gasteiger partial charge in [0.25, 0.3) is 6.43 Å². The van der Waals surface area contributed by atoms with Crippen molar-refractivity contribution in [3.05, 3.63) is 35.2 Å². The first kappa shape index (κ1) is 12.5.